The van der Waals surface area contributed by atoms with E-state index in [0.29, 0.717) is 39.8 Å². The largest absolute Gasteiger partial charge is 0.469 e. The third kappa shape index (κ3) is 7.42. The fourth-order valence-corrected chi connectivity index (χ4v) is 7.01. The van der Waals surface area contributed by atoms with Crippen molar-refractivity contribution in [2.45, 2.75) is 17.7 Å². The second-order valence-corrected chi connectivity index (χ2v) is 13.1. The van der Waals surface area contributed by atoms with E-state index < -0.39 is 5.54 Å². The third-order valence-corrected chi connectivity index (χ3v) is 9.64. The molecule has 50 heavy (non-hydrogen) atoms. The molecule has 0 aliphatic carbocycles. The van der Waals surface area contributed by atoms with E-state index in [-0.39, 0.29) is 23.2 Å². The van der Waals surface area contributed by atoms with E-state index in [0.717, 1.165) is 22.3 Å². The summed E-state index contributed by atoms with van der Waals surface area (Å²) in [4.78, 5) is 39.2. The minimum Gasteiger partial charge on any atom is -0.469 e. The van der Waals surface area contributed by atoms with Gasteiger partial charge in [0.15, 0.2) is 5.78 Å². The van der Waals surface area contributed by atoms with Gasteiger partial charge in [-0.25, -0.2) is 0 Å². The molecule has 6 rings (SSSR count). The quantitative estimate of drug-likeness (QED) is 0.0562. The highest BCUT2D eigenvalue weighted by Gasteiger charge is 2.39. The predicted octanol–water partition coefficient (Wildman–Crippen LogP) is 8.66. The van der Waals surface area contributed by atoms with Crippen molar-refractivity contribution in [3.63, 3.8) is 0 Å². The lowest BCUT2D eigenvalue weighted by Gasteiger charge is -2.36. The maximum absolute atomic E-state index is 14.3. The third-order valence-electron chi connectivity index (χ3n) is 8.37. The molecule has 0 aliphatic heterocycles. The van der Waals surface area contributed by atoms with Gasteiger partial charge in [0.05, 0.1) is 31.0 Å². The molecule has 7 nitrogen and oxygen atoms in total. The Balaban J connectivity index is 1.32. The van der Waals surface area contributed by atoms with Crippen LogP contribution in [-0.4, -0.2) is 40.3 Å². The number of thioether (sulfide) groups is 1. The number of aromatic nitrogens is 2. The van der Waals surface area contributed by atoms with Crippen LogP contribution < -0.4 is 5.32 Å². The molecule has 1 amide bonds. The van der Waals surface area contributed by atoms with Crippen molar-refractivity contribution in [3.8, 4) is 0 Å². The maximum Gasteiger partial charge on any atom is 0.306 e. The van der Waals surface area contributed by atoms with Gasteiger partial charge in [-0.05, 0) is 52.6 Å². The number of amides is 1. The van der Waals surface area contributed by atoms with Crippen LogP contribution in [0.5, 0.6) is 0 Å². The van der Waals surface area contributed by atoms with E-state index >= 15 is 0 Å². The number of benzene rings is 5. The van der Waals surface area contributed by atoms with Crippen molar-refractivity contribution in [2.75, 3.05) is 18.2 Å². The molecule has 0 aliphatic rings. The van der Waals surface area contributed by atoms with Crippen LogP contribution in [0.15, 0.2) is 146 Å². The predicted molar refractivity (Wildman–Crippen MR) is 199 cm³/mol. The number of rotatable bonds is 13. The molecule has 0 spiro atoms. The maximum atomic E-state index is 14.3. The first-order valence-electron chi connectivity index (χ1n) is 16.0. The molecule has 9 heteroatoms. The Labute approximate surface area is 300 Å². The second-order valence-electron chi connectivity index (χ2n) is 11.5. The Morgan fingerprint density at radius 3 is 2.00 bits per heavy atom. The number of carbonyl (C=O) groups excluding carboxylic acids is 3. The Morgan fingerprint density at radius 2 is 1.40 bits per heavy atom. The molecule has 5 aromatic carbocycles. The number of carbonyl (C=O) groups is 3. The number of hydrogen-bond donors (Lipinski definition) is 1. The van der Waals surface area contributed by atoms with Gasteiger partial charge in [-0.1, -0.05) is 115 Å². The number of anilines is 1. The summed E-state index contributed by atoms with van der Waals surface area (Å²) in [5, 5.41) is 8.11. The Kier molecular flexibility index (Phi) is 10.9. The zero-order chi connectivity index (χ0) is 34.9. The molecule has 0 unspecified atom stereocenters. The van der Waals surface area contributed by atoms with Crippen LogP contribution in [0.1, 0.15) is 55.0 Å². The average molecular weight is 700 g/mol. The molecule has 0 radical (unpaired) electrons. The van der Waals surface area contributed by atoms with Gasteiger partial charge in [-0.3, -0.25) is 19.1 Å². The Hall–Kier alpha value is -5.44. The number of ketones is 1. The number of ether oxygens (including phenoxy) is 1. The summed E-state index contributed by atoms with van der Waals surface area (Å²) in [5.41, 5.74) is 4.30. The number of methoxy groups -OCH3 is 1. The first-order chi connectivity index (χ1) is 24.4. The van der Waals surface area contributed by atoms with Crippen molar-refractivity contribution in [1.82, 2.24) is 9.78 Å². The molecule has 0 saturated heterocycles. The van der Waals surface area contributed by atoms with Gasteiger partial charge in [0, 0.05) is 33.9 Å². The van der Waals surface area contributed by atoms with Gasteiger partial charge in [0.1, 0.15) is 5.54 Å². The number of halogens is 1. The molecule has 0 atom stereocenters. The standard InChI is InChI=1S/C41H34ClN3O4S/c1-49-38(46)22-23-50-28-29-12-11-13-30(24-29)40(48)44-37-21-20-35(42)25-36(37)39(47)31-26-43-45(27-31)41(32-14-5-2-6-15-32,33-16-7-3-8-17-33)34-18-9-4-10-19-34/h2-21,24-27H,22-23,28H2,1H3,(H,44,48). The summed E-state index contributed by atoms with van der Waals surface area (Å²) in [6.45, 7) is 0. The van der Waals surface area contributed by atoms with E-state index in [1.807, 2.05) is 71.4 Å². The number of nitrogens with zero attached hydrogens (tertiary/aromatic N) is 2. The molecule has 1 aromatic heterocycles. The highest BCUT2D eigenvalue weighted by Crippen LogP contribution is 2.40. The van der Waals surface area contributed by atoms with Gasteiger partial charge in [0.25, 0.3) is 5.91 Å². The summed E-state index contributed by atoms with van der Waals surface area (Å²) in [7, 11) is 1.37. The van der Waals surface area contributed by atoms with E-state index in [1.165, 1.54) is 7.11 Å². The van der Waals surface area contributed by atoms with Crippen LogP contribution in [0.25, 0.3) is 0 Å². The van der Waals surface area contributed by atoms with Crippen LogP contribution in [0.3, 0.4) is 0 Å². The van der Waals surface area contributed by atoms with Crippen LogP contribution in [-0.2, 0) is 20.8 Å². The van der Waals surface area contributed by atoms with Gasteiger partial charge in [-0.2, -0.15) is 16.9 Å². The minimum absolute atomic E-state index is 0.240. The molecule has 1 N–H and O–H groups in total. The number of nitrogens with one attached hydrogen (secondary N) is 1. The Bertz CT molecular complexity index is 2010. The summed E-state index contributed by atoms with van der Waals surface area (Å²) in [6, 6.07) is 42.3. The van der Waals surface area contributed by atoms with Crippen molar-refractivity contribution in [1.29, 1.82) is 0 Å². The van der Waals surface area contributed by atoms with E-state index in [4.69, 9.17) is 21.4 Å². The lowest BCUT2D eigenvalue weighted by Crippen LogP contribution is -2.38. The average Bonchev–Trinajstić information content (AvgIpc) is 3.66. The lowest BCUT2D eigenvalue weighted by atomic mass is 9.77. The topological polar surface area (TPSA) is 90.3 Å². The first-order valence-corrected chi connectivity index (χ1v) is 17.5. The van der Waals surface area contributed by atoms with Gasteiger partial charge >= 0.3 is 5.97 Å². The van der Waals surface area contributed by atoms with Crippen LogP contribution in [0.4, 0.5) is 5.69 Å². The monoisotopic (exact) mass is 699 g/mol. The van der Waals surface area contributed by atoms with Crippen LogP contribution >= 0.6 is 23.4 Å². The molecule has 6 aromatic rings. The van der Waals surface area contributed by atoms with Crippen LogP contribution in [0.2, 0.25) is 5.02 Å². The highest BCUT2D eigenvalue weighted by atomic mass is 35.5. The highest BCUT2D eigenvalue weighted by molar-refractivity contribution is 7.98. The van der Waals surface area contributed by atoms with E-state index in [1.54, 1.807) is 54.5 Å². The molecular weight excluding hydrogens is 666 g/mol. The molecular formula is C41H34ClN3O4S. The van der Waals surface area contributed by atoms with Gasteiger partial charge in [0.2, 0.25) is 0 Å². The zero-order valence-corrected chi connectivity index (χ0v) is 28.9. The molecule has 0 saturated carbocycles. The first kappa shape index (κ1) is 34.4. The smallest absolute Gasteiger partial charge is 0.306 e. The molecule has 0 bridgehead atoms. The van der Waals surface area contributed by atoms with Crippen molar-refractivity contribution < 1.29 is 19.1 Å². The van der Waals surface area contributed by atoms with E-state index in [2.05, 4.69) is 41.7 Å². The minimum atomic E-state index is -0.893. The summed E-state index contributed by atoms with van der Waals surface area (Å²) >= 11 is 7.99. The van der Waals surface area contributed by atoms with Crippen molar-refractivity contribution >= 4 is 46.7 Å². The summed E-state index contributed by atoms with van der Waals surface area (Å²) in [6.07, 6.45) is 3.63. The zero-order valence-electron chi connectivity index (χ0n) is 27.3. The van der Waals surface area contributed by atoms with E-state index in [9.17, 15) is 14.4 Å². The second kappa shape index (κ2) is 15.8. The van der Waals surface area contributed by atoms with Gasteiger partial charge < -0.3 is 10.1 Å². The van der Waals surface area contributed by atoms with Crippen LogP contribution in [0, 0.1) is 0 Å². The fraction of sp³-hybridized carbons (Fsp3) is 0.122. The summed E-state index contributed by atoms with van der Waals surface area (Å²) in [5.74, 6) is 0.277. The van der Waals surface area contributed by atoms with Crippen molar-refractivity contribution in [2.24, 2.45) is 0 Å². The summed E-state index contributed by atoms with van der Waals surface area (Å²) < 4.78 is 6.53. The van der Waals surface area contributed by atoms with Crippen molar-refractivity contribution in [3.05, 3.63) is 190 Å². The molecule has 0 fully saturated rings. The number of hydrogen-bond acceptors (Lipinski definition) is 6. The van der Waals surface area contributed by atoms with Gasteiger partial charge in [-0.15, -0.1) is 0 Å². The molecule has 1 heterocycles. The normalized spacial score (nSPS) is 11.2. The fourth-order valence-electron chi connectivity index (χ4n) is 5.97. The molecule has 250 valence electrons. The SMILES string of the molecule is COC(=O)CCSCc1cccc(C(=O)Nc2ccc(Cl)cc2C(=O)c2cnn(C(c3ccccc3)(c3ccccc3)c3ccccc3)c2)c1. The lowest BCUT2D eigenvalue weighted by molar-refractivity contribution is -0.140. The Morgan fingerprint density at radius 1 is 0.780 bits per heavy atom. The number of esters is 1.